The average Bonchev–Trinajstić information content (AvgIpc) is 2.35. The van der Waals surface area contributed by atoms with E-state index in [4.69, 9.17) is 27.9 Å². The van der Waals surface area contributed by atoms with Crippen LogP contribution in [0.5, 0.6) is 0 Å². The van der Waals surface area contributed by atoms with Crippen molar-refractivity contribution in [3.05, 3.63) is 33.8 Å². The van der Waals surface area contributed by atoms with Gasteiger partial charge in [-0.25, -0.2) is 9.79 Å². The van der Waals surface area contributed by atoms with E-state index in [0.29, 0.717) is 29.4 Å². The molecule has 0 aliphatic rings. The Balaban J connectivity index is 2.78. The van der Waals surface area contributed by atoms with Crippen LogP contribution in [0, 0.1) is 0 Å². The summed E-state index contributed by atoms with van der Waals surface area (Å²) in [5, 5.41) is 6.28. The maximum absolute atomic E-state index is 12.0. The van der Waals surface area contributed by atoms with E-state index in [1.54, 1.807) is 6.07 Å². The number of hydrogen-bond acceptors (Lipinski definition) is 4. The van der Waals surface area contributed by atoms with Crippen molar-refractivity contribution in [1.82, 2.24) is 5.32 Å². The fourth-order valence-electron chi connectivity index (χ4n) is 1.98. The van der Waals surface area contributed by atoms with Gasteiger partial charge in [-0.15, -0.1) is 0 Å². The highest BCUT2D eigenvalue weighted by atomic mass is 35.5. The lowest BCUT2D eigenvalue weighted by atomic mass is 10.0. The largest absolute Gasteiger partial charge is 0.444 e. The van der Waals surface area contributed by atoms with Crippen LogP contribution in [0.2, 0.25) is 10.0 Å². The molecule has 1 aromatic rings. The van der Waals surface area contributed by atoms with Gasteiger partial charge in [0.15, 0.2) is 0 Å². The molecule has 1 N–H and O–H groups in total. The normalized spacial score (nSPS) is 12.2. The predicted octanol–water partition coefficient (Wildman–Crippen LogP) is 4.92. The maximum atomic E-state index is 12.0. The summed E-state index contributed by atoms with van der Waals surface area (Å²) in [5.74, 6) is 0. The van der Waals surface area contributed by atoms with Gasteiger partial charge in [0, 0.05) is 16.1 Å². The lowest BCUT2D eigenvalue weighted by molar-refractivity contribution is 0.0502. The molecule has 1 rings (SSSR count). The number of aliphatic imine (C=N–C) groups is 1. The third-order valence-electron chi connectivity index (χ3n) is 2.78. The summed E-state index contributed by atoms with van der Waals surface area (Å²) in [6.07, 6.45) is 0.696. The number of isothiocyanates is 1. The van der Waals surface area contributed by atoms with Crippen LogP contribution in [0.4, 0.5) is 4.79 Å². The molecule has 1 unspecified atom stereocenters. The third kappa shape index (κ3) is 8.92. The molecular weight excluding hydrogens is 355 g/mol. The second-order valence-electron chi connectivity index (χ2n) is 6.09. The van der Waals surface area contributed by atoms with Crippen LogP contribution in [-0.2, 0) is 11.2 Å². The molecule has 0 radical (unpaired) electrons. The van der Waals surface area contributed by atoms with E-state index >= 15 is 0 Å². The minimum absolute atomic E-state index is 0.175. The van der Waals surface area contributed by atoms with Crippen molar-refractivity contribution < 1.29 is 9.53 Å². The second kappa shape index (κ2) is 9.24. The highest BCUT2D eigenvalue weighted by Gasteiger charge is 2.20. The van der Waals surface area contributed by atoms with E-state index in [1.165, 1.54) is 0 Å². The molecule has 0 saturated carbocycles. The number of amides is 1. The number of rotatable bonds is 6. The summed E-state index contributed by atoms with van der Waals surface area (Å²) in [5.41, 5.74) is 0.371. The van der Waals surface area contributed by atoms with Crippen LogP contribution in [0.15, 0.2) is 23.2 Å². The van der Waals surface area contributed by atoms with Crippen molar-refractivity contribution in [2.45, 2.75) is 45.3 Å². The first kappa shape index (κ1) is 19.9. The Morgan fingerprint density at radius 3 is 2.48 bits per heavy atom. The Morgan fingerprint density at radius 2 is 1.96 bits per heavy atom. The lowest BCUT2D eigenvalue weighted by Gasteiger charge is -2.23. The number of carbonyl (C=O) groups excluding carboxylic acids is 1. The fraction of sp³-hybridized carbons (Fsp3) is 0.500. The molecule has 0 fully saturated rings. The maximum Gasteiger partial charge on any atom is 0.407 e. The first-order valence-corrected chi connectivity index (χ1v) is 8.34. The number of hydrogen-bond donors (Lipinski definition) is 1. The molecule has 0 saturated heterocycles. The molecule has 0 aliphatic heterocycles. The van der Waals surface area contributed by atoms with Gasteiger partial charge >= 0.3 is 6.09 Å². The highest BCUT2D eigenvalue weighted by Crippen LogP contribution is 2.20. The molecule has 0 aromatic heterocycles. The molecule has 23 heavy (non-hydrogen) atoms. The number of nitrogens with zero attached hydrogens (tertiary/aromatic N) is 1. The van der Waals surface area contributed by atoms with Gasteiger partial charge in [-0.05, 0) is 69.6 Å². The molecule has 0 spiro atoms. The smallest absolute Gasteiger partial charge is 0.407 e. The summed E-state index contributed by atoms with van der Waals surface area (Å²) in [4.78, 5) is 15.9. The van der Waals surface area contributed by atoms with E-state index in [-0.39, 0.29) is 6.04 Å². The van der Waals surface area contributed by atoms with Crippen LogP contribution in [0.1, 0.15) is 32.8 Å². The van der Waals surface area contributed by atoms with Crippen molar-refractivity contribution in [1.29, 1.82) is 0 Å². The number of halogens is 2. The minimum atomic E-state index is -0.555. The van der Waals surface area contributed by atoms with Gasteiger partial charge in [0.1, 0.15) is 5.60 Å². The van der Waals surface area contributed by atoms with Crippen molar-refractivity contribution >= 4 is 46.7 Å². The van der Waals surface area contributed by atoms with Crippen molar-refractivity contribution in [2.75, 3.05) is 6.54 Å². The molecular formula is C16H20Cl2N2O2S. The molecule has 0 bridgehead atoms. The van der Waals surface area contributed by atoms with Gasteiger partial charge in [-0.3, -0.25) is 0 Å². The van der Waals surface area contributed by atoms with E-state index < -0.39 is 11.7 Å². The molecule has 1 amide bonds. The van der Waals surface area contributed by atoms with Gasteiger partial charge in [0.05, 0.1) is 11.7 Å². The highest BCUT2D eigenvalue weighted by molar-refractivity contribution is 7.78. The van der Waals surface area contributed by atoms with E-state index in [0.717, 1.165) is 5.56 Å². The zero-order chi connectivity index (χ0) is 17.5. The first-order chi connectivity index (χ1) is 10.7. The van der Waals surface area contributed by atoms with Gasteiger partial charge < -0.3 is 10.1 Å². The van der Waals surface area contributed by atoms with Crippen LogP contribution >= 0.6 is 35.4 Å². The van der Waals surface area contributed by atoms with Gasteiger partial charge in [-0.1, -0.05) is 23.2 Å². The molecule has 0 aliphatic carbocycles. The van der Waals surface area contributed by atoms with Crippen LogP contribution in [-0.4, -0.2) is 29.4 Å². The van der Waals surface area contributed by atoms with E-state index in [1.807, 2.05) is 32.9 Å². The number of ether oxygens (including phenoxy) is 1. The van der Waals surface area contributed by atoms with Gasteiger partial charge in [-0.2, -0.15) is 0 Å². The average molecular weight is 375 g/mol. The molecule has 0 heterocycles. The van der Waals surface area contributed by atoms with Crippen molar-refractivity contribution in [3.8, 4) is 0 Å². The number of nitrogens with one attached hydrogen (secondary N) is 1. The summed E-state index contributed by atoms with van der Waals surface area (Å²) in [6.45, 7) is 5.91. The molecule has 7 heteroatoms. The Morgan fingerprint density at radius 1 is 1.35 bits per heavy atom. The quantitative estimate of drug-likeness (QED) is 0.567. The lowest BCUT2D eigenvalue weighted by Crippen LogP contribution is -2.40. The Kier molecular flexibility index (Phi) is 8.00. The number of benzene rings is 1. The fourth-order valence-corrected chi connectivity index (χ4v) is 2.64. The van der Waals surface area contributed by atoms with E-state index in [9.17, 15) is 4.79 Å². The number of alkyl carbamates (subject to hydrolysis) is 1. The standard InChI is InChI=1S/C16H20Cl2N2O2S/c1-16(2,3)22-15(21)20-14(4-5-19-10-23)8-11-6-12(17)9-13(18)7-11/h6-7,9,14H,4-5,8H2,1-3H3,(H,20,21). The van der Waals surface area contributed by atoms with Crippen LogP contribution in [0.3, 0.4) is 0 Å². The van der Waals surface area contributed by atoms with E-state index in [2.05, 4.69) is 27.7 Å². The molecule has 4 nitrogen and oxygen atoms in total. The SMILES string of the molecule is CC(C)(C)OC(=O)NC(CCN=C=S)Cc1cc(Cl)cc(Cl)c1. The summed E-state index contributed by atoms with van der Waals surface area (Å²) < 4.78 is 5.29. The Bertz CT molecular complexity index is 576. The van der Waals surface area contributed by atoms with Crippen molar-refractivity contribution in [2.24, 2.45) is 4.99 Å². The van der Waals surface area contributed by atoms with Crippen LogP contribution in [0.25, 0.3) is 0 Å². The summed E-state index contributed by atoms with van der Waals surface area (Å²) in [7, 11) is 0. The predicted molar refractivity (Wildman–Crippen MR) is 97.8 cm³/mol. The number of thiocarbonyl (C=S) groups is 1. The monoisotopic (exact) mass is 374 g/mol. The topological polar surface area (TPSA) is 50.7 Å². The second-order valence-corrected chi connectivity index (χ2v) is 7.14. The Labute approximate surface area is 152 Å². The minimum Gasteiger partial charge on any atom is -0.444 e. The first-order valence-electron chi connectivity index (χ1n) is 7.18. The molecule has 1 aromatic carbocycles. The Hall–Kier alpha value is -1.13. The third-order valence-corrected chi connectivity index (χ3v) is 3.34. The zero-order valence-electron chi connectivity index (χ0n) is 13.4. The van der Waals surface area contributed by atoms with Gasteiger partial charge in [0.2, 0.25) is 0 Å². The summed E-state index contributed by atoms with van der Waals surface area (Å²) in [6, 6.07) is 5.13. The molecule has 1 atom stereocenters. The summed E-state index contributed by atoms with van der Waals surface area (Å²) >= 11 is 16.6. The van der Waals surface area contributed by atoms with Gasteiger partial charge in [0.25, 0.3) is 0 Å². The number of carbonyl (C=O) groups is 1. The van der Waals surface area contributed by atoms with Crippen molar-refractivity contribution in [3.63, 3.8) is 0 Å². The zero-order valence-corrected chi connectivity index (χ0v) is 15.7. The molecule has 126 valence electrons. The van der Waals surface area contributed by atoms with Crippen LogP contribution < -0.4 is 5.32 Å².